The summed E-state index contributed by atoms with van der Waals surface area (Å²) in [5, 5.41) is 5.48. The zero-order valence-corrected chi connectivity index (χ0v) is 17.0. The van der Waals surface area contributed by atoms with Gasteiger partial charge in [0, 0.05) is 32.8 Å². The first-order valence-electron chi connectivity index (χ1n) is 10.5. The maximum atomic E-state index is 12.6. The molecule has 0 aliphatic carbocycles. The van der Waals surface area contributed by atoms with Crippen LogP contribution in [0, 0.1) is 0 Å². The maximum Gasteiger partial charge on any atom is 0.251 e. The third-order valence-corrected chi connectivity index (χ3v) is 5.92. The fourth-order valence-electron chi connectivity index (χ4n) is 4.30. The summed E-state index contributed by atoms with van der Waals surface area (Å²) in [4.78, 5) is 29.0. The Morgan fingerprint density at radius 1 is 1.10 bits per heavy atom. The topological polar surface area (TPSA) is 61.9 Å². The summed E-state index contributed by atoms with van der Waals surface area (Å²) in [6.45, 7) is 5.82. The molecule has 2 aromatic carbocycles. The van der Waals surface area contributed by atoms with Crippen LogP contribution in [-0.2, 0) is 14.3 Å². The van der Waals surface area contributed by atoms with Gasteiger partial charge in [-0.25, -0.2) is 0 Å². The van der Waals surface area contributed by atoms with E-state index in [0.717, 1.165) is 18.4 Å². The molecule has 0 bridgehead atoms. The van der Waals surface area contributed by atoms with Crippen molar-refractivity contribution in [3.63, 3.8) is 0 Å². The van der Waals surface area contributed by atoms with Crippen molar-refractivity contribution in [2.45, 2.75) is 31.9 Å². The number of ether oxygens (including phenoxy) is 1. The Morgan fingerprint density at radius 3 is 2.62 bits per heavy atom. The summed E-state index contributed by atoms with van der Waals surface area (Å²) in [5.74, 6) is 0.125. The monoisotopic (exact) mass is 395 g/mol. The van der Waals surface area contributed by atoms with Crippen molar-refractivity contribution < 1.29 is 14.3 Å². The van der Waals surface area contributed by atoms with E-state index < -0.39 is 0 Å². The first-order chi connectivity index (χ1) is 14.1. The molecule has 2 heterocycles. The van der Waals surface area contributed by atoms with Crippen LogP contribution >= 0.6 is 0 Å². The molecule has 6 heteroatoms. The molecule has 0 radical (unpaired) electrons. The minimum absolute atomic E-state index is 0.0179. The van der Waals surface area contributed by atoms with Crippen molar-refractivity contribution in [1.29, 1.82) is 0 Å². The molecule has 1 N–H and O–H groups in total. The number of carbonyl (C=O) groups excluding carboxylic acids is 2. The van der Waals surface area contributed by atoms with Crippen molar-refractivity contribution in [3.8, 4) is 0 Å². The van der Waals surface area contributed by atoms with Gasteiger partial charge in [0.1, 0.15) is 6.10 Å². The van der Waals surface area contributed by atoms with Crippen molar-refractivity contribution in [2.75, 3.05) is 39.3 Å². The number of amides is 2. The van der Waals surface area contributed by atoms with E-state index in [0.29, 0.717) is 39.3 Å². The molecular weight excluding hydrogens is 366 g/mol. The highest BCUT2D eigenvalue weighted by atomic mass is 16.5. The van der Waals surface area contributed by atoms with Gasteiger partial charge in [0.05, 0.1) is 12.6 Å². The van der Waals surface area contributed by atoms with Crippen LogP contribution in [0.2, 0.25) is 0 Å². The number of hydrogen-bond acceptors (Lipinski definition) is 4. The van der Waals surface area contributed by atoms with Crippen LogP contribution in [0.4, 0.5) is 0 Å². The molecule has 2 aliphatic rings. The normalized spacial score (nSPS) is 21.3. The Labute approximate surface area is 171 Å². The van der Waals surface area contributed by atoms with Crippen LogP contribution in [0.25, 0.3) is 10.8 Å². The number of rotatable bonds is 5. The van der Waals surface area contributed by atoms with Gasteiger partial charge >= 0.3 is 0 Å². The van der Waals surface area contributed by atoms with E-state index in [1.54, 1.807) is 0 Å². The fraction of sp³-hybridized carbons (Fsp3) is 0.478. The highest BCUT2D eigenvalue weighted by Gasteiger charge is 2.30. The van der Waals surface area contributed by atoms with E-state index in [4.69, 9.17) is 4.74 Å². The van der Waals surface area contributed by atoms with Crippen molar-refractivity contribution in [1.82, 2.24) is 15.1 Å². The van der Waals surface area contributed by atoms with Crippen molar-refractivity contribution >= 4 is 22.6 Å². The summed E-state index contributed by atoms with van der Waals surface area (Å²) < 4.78 is 5.51. The van der Waals surface area contributed by atoms with E-state index in [-0.39, 0.29) is 24.0 Å². The first-order valence-corrected chi connectivity index (χ1v) is 10.5. The van der Waals surface area contributed by atoms with Gasteiger partial charge in [-0.3, -0.25) is 14.5 Å². The molecule has 29 heavy (non-hydrogen) atoms. The maximum absolute atomic E-state index is 12.6. The molecule has 0 spiro atoms. The molecule has 0 aromatic heterocycles. The fourth-order valence-corrected chi connectivity index (χ4v) is 4.30. The average Bonchev–Trinajstić information content (AvgIpc) is 3.28. The zero-order chi connectivity index (χ0) is 20.2. The lowest BCUT2D eigenvalue weighted by molar-refractivity contribution is -0.142. The van der Waals surface area contributed by atoms with Crippen LogP contribution < -0.4 is 5.32 Å². The molecule has 2 aliphatic heterocycles. The summed E-state index contributed by atoms with van der Waals surface area (Å²) in [5.41, 5.74) is 1.13. The number of nitrogens with zero attached hydrogens (tertiary/aromatic N) is 2. The van der Waals surface area contributed by atoms with Gasteiger partial charge in [-0.05, 0) is 36.1 Å². The van der Waals surface area contributed by atoms with Gasteiger partial charge in [0.25, 0.3) is 5.91 Å². The Hall–Kier alpha value is -2.44. The number of hydrogen-bond donors (Lipinski definition) is 1. The van der Waals surface area contributed by atoms with Crippen LogP contribution in [-0.4, -0.2) is 67.0 Å². The second-order valence-electron chi connectivity index (χ2n) is 7.96. The van der Waals surface area contributed by atoms with E-state index >= 15 is 0 Å². The molecule has 2 amide bonds. The van der Waals surface area contributed by atoms with Crippen LogP contribution in [0.3, 0.4) is 0 Å². The molecule has 2 fully saturated rings. The molecule has 2 atom stereocenters. The lowest BCUT2D eigenvalue weighted by atomic mass is 10.00. The van der Waals surface area contributed by atoms with Crippen LogP contribution in [0.1, 0.15) is 31.4 Å². The summed E-state index contributed by atoms with van der Waals surface area (Å²) in [7, 11) is 0. The summed E-state index contributed by atoms with van der Waals surface area (Å²) in [6.07, 6.45) is 1.53. The van der Waals surface area contributed by atoms with Crippen molar-refractivity contribution in [2.24, 2.45) is 0 Å². The molecule has 154 valence electrons. The minimum Gasteiger partial charge on any atom is -0.368 e. The van der Waals surface area contributed by atoms with Crippen LogP contribution in [0.5, 0.6) is 0 Å². The smallest absolute Gasteiger partial charge is 0.251 e. The molecule has 0 saturated carbocycles. The molecular formula is C23H29N3O3. The Kier molecular flexibility index (Phi) is 6.11. The van der Waals surface area contributed by atoms with E-state index in [1.165, 1.54) is 10.8 Å². The highest BCUT2D eigenvalue weighted by molar-refractivity contribution is 5.87. The molecule has 2 aromatic rings. The third kappa shape index (κ3) is 4.60. The zero-order valence-electron chi connectivity index (χ0n) is 17.0. The molecule has 4 rings (SSSR count). The second-order valence-corrected chi connectivity index (χ2v) is 7.96. The number of benzene rings is 2. The van der Waals surface area contributed by atoms with Crippen LogP contribution in [0.15, 0.2) is 42.5 Å². The summed E-state index contributed by atoms with van der Waals surface area (Å²) in [6, 6.07) is 14.4. The lowest BCUT2D eigenvalue weighted by Gasteiger charge is -2.35. The Morgan fingerprint density at radius 2 is 1.86 bits per heavy atom. The van der Waals surface area contributed by atoms with E-state index in [2.05, 4.69) is 34.5 Å². The molecule has 2 saturated heterocycles. The van der Waals surface area contributed by atoms with E-state index in [1.807, 2.05) is 30.0 Å². The van der Waals surface area contributed by atoms with E-state index in [9.17, 15) is 9.59 Å². The van der Waals surface area contributed by atoms with Gasteiger partial charge in [0.15, 0.2) is 0 Å². The van der Waals surface area contributed by atoms with Gasteiger partial charge < -0.3 is 15.0 Å². The SMILES string of the molecule is CC(NC(=O)CN1CCN(C(=O)C2CCCO2)CC1)c1cccc2ccccc12. The van der Waals surface area contributed by atoms with Crippen molar-refractivity contribution in [3.05, 3.63) is 48.0 Å². The highest BCUT2D eigenvalue weighted by Crippen LogP contribution is 2.24. The molecule has 2 unspecified atom stereocenters. The predicted octanol–water partition coefficient (Wildman–Crippen LogP) is 2.34. The Balaban J connectivity index is 1.28. The van der Waals surface area contributed by atoms with Gasteiger partial charge in [-0.1, -0.05) is 42.5 Å². The lowest BCUT2D eigenvalue weighted by Crippen LogP contribution is -2.53. The van der Waals surface area contributed by atoms with Gasteiger partial charge in [-0.15, -0.1) is 0 Å². The second kappa shape index (κ2) is 8.93. The Bertz CT molecular complexity index is 865. The number of piperazine rings is 1. The third-order valence-electron chi connectivity index (χ3n) is 5.92. The quantitative estimate of drug-likeness (QED) is 0.844. The standard InChI is InChI=1S/C23H29N3O3/c1-17(19-9-4-7-18-6-2-3-8-20(18)19)24-22(27)16-25-11-13-26(14-12-25)23(28)21-10-5-15-29-21/h2-4,6-9,17,21H,5,10-16H2,1H3,(H,24,27). The number of carbonyl (C=O) groups is 2. The van der Waals surface area contributed by atoms with Gasteiger partial charge in [0.2, 0.25) is 5.91 Å². The van der Waals surface area contributed by atoms with Gasteiger partial charge in [-0.2, -0.15) is 0 Å². The molecule has 6 nitrogen and oxygen atoms in total. The minimum atomic E-state index is -0.258. The summed E-state index contributed by atoms with van der Waals surface area (Å²) >= 11 is 0. The predicted molar refractivity (Wildman–Crippen MR) is 112 cm³/mol. The average molecular weight is 396 g/mol. The number of nitrogens with one attached hydrogen (secondary N) is 1. The number of fused-ring (bicyclic) bond motifs is 1. The first kappa shape index (κ1) is 19.9. The largest absolute Gasteiger partial charge is 0.368 e.